The fourth-order valence-electron chi connectivity index (χ4n) is 5.36. The summed E-state index contributed by atoms with van der Waals surface area (Å²) in [5, 5.41) is 3.97. The lowest BCUT2D eigenvalue weighted by molar-refractivity contribution is -0.139. The van der Waals surface area contributed by atoms with E-state index in [4.69, 9.17) is 5.73 Å². The lowest BCUT2D eigenvalue weighted by atomic mass is 9.90. The number of nitrogens with one attached hydrogen (secondary N) is 3. The molecule has 5 rings (SSSR count). The number of carbonyl (C=O) groups is 2. The molecule has 2 amide bonds. The molecule has 0 saturated carbocycles. The van der Waals surface area contributed by atoms with Gasteiger partial charge in [-0.15, -0.1) is 0 Å². The summed E-state index contributed by atoms with van der Waals surface area (Å²) in [6.45, 7) is 6.21. The monoisotopic (exact) mass is 502 g/mol. The number of para-hydroxylation sites is 3. The van der Waals surface area contributed by atoms with Crippen molar-refractivity contribution in [3.8, 4) is 0 Å². The number of nitrogens with two attached hydrogens (primary N) is 1. The van der Waals surface area contributed by atoms with Gasteiger partial charge in [0.25, 0.3) is 0 Å². The molecule has 2 aromatic heterocycles. The Morgan fingerprint density at radius 2 is 1.70 bits per heavy atom. The highest BCUT2D eigenvalue weighted by atomic mass is 16.2. The summed E-state index contributed by atoms with van der Waals surface area (Å²) < 4.78 is 1.81. The number of amides is 2. The van der Waals surface area contributed by atoms with Crippen LogP contribution in [0.3, 0.4) is 0 Å². The van der Waals surface area contributed by atoms with Gasteiger partial charge in [0, 0.05) is 42.1 Å². The minimum atomic E-state index is -1.12. The number of piperidine rings is 1. The van der Waals surface area contributed by atoms with Gasteiger partial charge in [0.15, 0.2) is 0 Å². The second kappa shape index (κ2) is 9.55. The molecule has 0 radical (unpaired) electrons. The summed E-state index contributed by atoms with van der Waals surface area (Å²) in [7, 11) is 0. The summed E-state index contributed by atoms with van der Waals surface area (Å²) >= 11 is 0. The molecular formula is C28H34N6O3. The van der Waals surface area contributed by atoms with E-state index >= 15 is 0 Å². The molecule has 1 aliphatic rings. The highest BCUT2D eigenvalue weighted by Crippen LogP contribution is 2.30. The summed E-state index contributed by atoms with van der Waals surface area (Å²) in [5.41, 5.74) is 8.44. The number of aromatic nitrogens is 3. The number of H-pyrrole nitrogens is 2. The SMILES string of the molecule is CC(c1c[nH]c2ccccc12)C(NC(=O)C(C)(C)N)C(=O)N1CCC(n2c(=O)[nH]c3ccccc32)CC1. The summed E-state index contributed by atoms with van der Waals surface area (Å²) in [6, 6.07) is 14.8. The smallest absolute Gasteiger partial charge is 0.326 e. The van der Waals surface area contributed by atoms with Gasteiger partial charge in [-0.25, -0.2) is 4.79 Å². The first kappa shape index (κ1) is 24.8. The topological polar surface area (TPSA) is 129 Å². The maximum atomic E-state index is 13.9. The molecule has 1 aliphatic heterocycles. The number of hydrogen-bond acceptors (Lipinski definition) is 4. The average Bonchev–Trinajstić information content (AvgIpc) is 3.46. The molecule has 0 spiro atoms. The minimum absolute atomic E-state index is 0.00485. The number of likely N-dealkylation sites (tertiary alicyclic amines) is 1. The summed E-state index contributed by atoms with van der Waals surface area (Å²) in [6.07, 6.45) is 3.21. The van der Waals surface area contributed by atoms with Gasteiger partial charge in [0.2, 0.25) is 11.8 Å². The molecule has 1 fully saturated rings. The van der Waals surface area contributed by atoms with Crippen molar-refractivity contribution in [3.05, 3.63) is 70.8 Å². The molecule has 194 valence electrons. The second-order valence-electron chi connectivity index (χ2n) is 10.6. The Bertz CT molecular complexity index is 1500. The van der Waals surface area contributed by atoms with Crippen LogP contribution in [0.5, 0.6) is 0 Å². The Kier molecular flexibility index (Phi) is 6.41. The van der Waals surface area contributed by atoms with Crippen LogP contribution in [0, 0.1) is 0 Å². The Balaban J connectivity index is 1.38. The Labute approximate surface area is 215 Å². The zero-order valence-corrected chi connectivity index (χ0v) is 21.5. The molecule has 1 saturated heterocycles. The van der Waals surface area contributed by atoms with Crippen molar-refractivity contribution >= 4 is 33.8 Å². The maximum absolute atomic E-state index is 13.9. The first-order valence-electron chi connectivity index (χ1n) is 12.8. The van der Waals surface area contributed by atoms with E-state index in [1.807, 2.05) is 66.2 Å². The van der Waals surface area contributed by atoms with Gasteiger partial charge in [-0.1, -0.05) is 37.3 Å². The van der Waals surface area contributed by atoms with Crippen LogP contribution >= 0.6 is 0 Å². The van der Waals surface area contributed by atoms with Crippen molar-refractivity contribution in [2.75, 3.05) is 13.1 Å². The van der Waals surface area contributed by atoms with E-state index in [2.05, 4.69) is 15.3 Å². The van der Waals surface area contributed by atoms with Crippen LogP contribution in [0.15, 0.2) is 59.5 Å². The van der Waals surface area contributed by atoms with Gasteiger partial charge >= 0.3 is 5.69 Å². The third kappa shape index (κ3) is 4.67. The summed E-state index contributed by atoms with van der Waals surface area (Å²) in [5.74, 6) is -0.804. The van der Waals surface area contributed by atoms with Crippen molar-refractivity contribution in [1.29, 1.82) is 0 Å². The Morgan fingerprint density at radius 3 is 2.41 bits per heavy atom. The van der Waals surface area contributed by atoms with E-state index in [1.54, 1.807) is 18.7 Å². The van der Waals surface area contributed by atoms with Crippen molar-refractivity contribution in [2.24, 2.45) is 5.73 Å². The molecule has 9 nitrogen and oxygen atoms in total. The van der Waals surface area contributed by atoms with Crippen molar-refractivity contribution in [1.82, 2.24) is 24.8 Å². The maximum Gasteiger partial charge on any atom is 0.326 e. The number of rotatable bonds is 6. The molecule has 0 bridgehead atoms. The zero-order valence-electron chi connectivity index (χ0n) is 21.5. The van der Waals surface area contributed by atoms with Gasteiger partial charge in [-0.3, -0.25) is 14.2 Å². The highest BCUT2D eigenvalue weighted by molar-refractivity contribution is 5.93. The first-order valence-corrected chi connectivity index (χ1v) is 12.8. The number of nitrogens with zero attached hydrogens (tertiary/aromatic N) is 2. The van der Waals surface area contributed by atoms with Gasteiger partial charge < -0.3 is 25.9 Å². The zero-order chi connectivity index (χ0) is 26.3. The highest BCUT2D eigenvalue weighted by Gasteiger charge is 2.37. The van der Waals surface area contributed by atoms with Crippen LogP contribution in [-0.4, -0.2) is 55.9 Å². The number of aromatic amines is 2. The van der Waals surface area contributed by atoms with Crippen LogP contribution in [-0.2, 0) is 9.59 Å². The molecule has 2 atom stereocenters. The van der Waals surface area contributed by atoms with E-state index < -0.39 is 11.6 Å². The first-order chi connectivity index (χ1) is 17.6. The average molecular weight is 503 g/mol. The fourth-order valence-corrected chi connectivity index (χ4v) is 5.36. The molecule has 0 aliphatic carbocycles. The van der Waals surface area contributed by atoms with Crippen LogP contribution in [0.4, 0.5) is 0 Å². The van der Waals surface area contributed by atoms with Gasteiger partial charge in [0.1, 0.15) is 6.04 Å². The Morgan fingerprint density at radius 1 is 1.05 bits per heavy atom. The number of fused-ring (bicyclic) bond motifs is 2. The molecular weight excluding hydrogens is 468 g/mol. The van der Waals surface area contributed by atoms with E-state index in [-0.39, 0.29) is 29.5 Å². The normalized spacial score (nSPS) is 16.7. The van der Waals surface area contributed by atoms with E-state index in [1.165, 1.54) is 0 Å². The molecule has 9 heteroatoms. The van der Waals surface area contributed by atoms with Crippen LogP contribution in [0.2, 0.25) is 0 Å². The third-order valence-electron chi connectivity index (χ3n) is 7.51. The van der Waals surface area contributed by atoms with Gasteiger partial charge in [-0.2, -0.15) is 0 Å². The minimum Gasteiger partial charge on any atom is -0.361 e. The molecule has 3 heterocycles. The Hall–Kier alpha value is -3.85. The number of hydrogen-bond donors (Lipinski definition) is 4. The number of carbonyl (C=O) groups excluding carboxylic acids is 2. The molecule has 5 N–H and O–H groups in total. The predicted octanol–water partition coefficient (Wildman–Crippen LogP) is 3.00. The van der Waals surface area contributed by atoms with Crippen LogP contribution < -0.4 is 16.7 Å². The quantitative estimate of drug-likeness (QED) is 0.323. The van der Waals surface area contributed by atoms with Crippen LogP contribution in [0.25, 0.3) is 21.9 Å². The number of benzene rings is 2. The second-order valence-corrected chi connectivity index (χ2v) is 10.6. The van der Waals surface area contributed by atoms with Crippen molar-refractivity contribution in [3.63, 3.8) is 0 Å². The van der Waals surface area contributed by atoms with E-state index in [9.17, 15) is 14.4 Å². The van der Waals surface area contributed by atoms with E-state index in [0.717, 1.165) is 27.5 Å². The molecule has 2 aromatic carbocycles. The van der Waals surface area contributed by atoms with Crippen molar-refractivity contribution < 1.29 is 9.59 Å². The third-order valence-corrected chi connectivity index (χ3v) is 7.51. The standard InChI is InChI=1S/C28H34N6O3/c1-17(20-16-30-21-9-5-4-8-19(20)21)24(32-26(36)28(2,3)29)25(35)33-14-12-18(13-15-33)34-23-11-7-6-10-22(23)31-27(34)37/h4-11,16-18,24,30H,12-15,29H2,1-3H3,(H,31,37)(H,32,36). The van der Waals surface area contributed by atoms with E-state index in [0.29, 0.717) is 25.9 Å². The lowest BCUT2D eigenvalue weighted by Gasteiger charge is -2.37. The van der Waals surface area contributed by atoms with Gasteiger partial charge in [-0.05, 0) is 50.5 Å². The summed E-state index contributed by atoms with van der Waals surface area (Å²) in [4.78, 5) is 47.5. The molecule has 4 aromatic rings. The van der Waals surface area contributed by atoms with Crippen LogP contribution in [0.1, 0.15) is 51.1 Å². The largest absolute Gasteiger partial charge is 0.361 e. The number of imidazole rings is 1. The fraction of sp³-hybridized carbons (Fsp3) is 0.393. The lowest BCUT2D eigenvalue weighted by Crippen LogP contribution is -2.58. The van der Waals surface area contributed by atoms with Gasteiger partial charge in [0.05, 0.1) is 16.6 Å². The molecule has 2 unspecified atom stereocenters. The molecule has 37 heavy (non-hydrogen) atoms. The van der Waals surface area contributed by atoms with Crippen molar-refractivity contribution in [2.45, 2.75) is 57.2 Å². The predicted molar refractivity (Wildman–Crippen MR) is 144 cm³/mol.